The standard InChI is InChI=1S/C14H24O3/c1-3-10-13(15)11-8-6-4-5-7-9-12-14(16)17-2/h13,15H,3-7,9-10,12H2,1-2H3/t13-/m1/s1. The molecule has 0 aliphatic heterocycles. The van der Waals surface area contributed by atoms with Crippen LogP contribution in [0, 0.1) is 11.8 Å². The van der Waals surface area contributed by atoms with E-state index in [1.165, 1.54) is 7.11 Å². The van der Waals surface area contributed by atoms with Gasteiger partial charge in [-0.25, -0.2) is 0 Å². The Morgan fingerprint density at radius 2 is 2.00 bits per heavy atom. The zero-order valence-electron chi connectivity index (χ0n) is 11.0. The highest BCUT2D eigenvalue weighted by atomic mass is 16.5. The van der Waals surface area contributed by atoms with E-state index in [1.54, 1.807) is 0 Å². The van der Waals surface area contributed by atoms with Crippen molar-refractivity contribution in [2.75, 3.05) is 7.11 Å². The first-order valence-electron chi connectivity index (χ1n) is 6.44. The molecule has 0 fully saturated rings. The normalized spacial score (nSPS) is 11.5. The molecule has 0 aliphatic rings. The highest BCUT2D eigenvalue weighted by Crippen LogP contribution is 2.05. The molecular formula is C14H24O3. The number of rotatable bonds is 8. The fraction of sp³-hybridized carbons (Fsp3) is 0.786. The molecule has 0 radical (unpaired) electrons. The van der Waals surface area contributed by atoms with Crippen molar-refractivity contribution in [3.8, 4) is 11.8 Å². The molecule has 3 nitrogen and oxygen atoms in total. The molecule has 0 aliphatic carbocycles. The van der Waals surface area contributed by atoms with Gasteiger partial charge in [-0.1, -0.05) is 32.1 Å². The Labute approximate surface area is 105 Å². The third-order valence-corrected chi connectivity index (χ3v) is 2.49. The third-order valence-electron chi connectivity index (χ3n) is 2.49. The number of hydrogen-bond donors (Lipinski definition) is 1. The van der Waals surface area contributed by atoms with E-state index in [0.29, 0.717) is 6.42 Å². The van der Waals surface area contributed by atoms with Gasteiger partial charge < -0.3 is 9.84 Å². The van der Waals surface area contributed by atoms with Crippen LogP contribution in [0.25, 0.3) is 0 Å². The number of carbonyl (C=O) groups excluding carboxylic acids is 1. The predicted octanol–water partition coefficient (Wildman–Crippen LogP) is 2.66. The molecule has 0 heterocycles. The average molecular weight is 240 g/mol. The van der Waals surface area contributed by atoms with Crippen molar-refractivity contribution in [1.29, 1.82) is 0 Å². The zero-order chi connectivity index (χ0) is 12.9. The summed E-state index contributed by atoms with van der Waals surface area (Å²) in [6, 6.07) is 0. The van der Waals surface area contributed by atoms with Crippen LogP contribution in [0.15, 0.2) is 0 Å². The number of methoxy groups -OCH3 is 1. The molecule has 17 heavy (non-hydrogen) atoms. The van der Waals surface area contributed by atoms with Gasteiger partial charge in [0.05, 0.1) is 7.11 Å². The van der Waals surface area contributed by atoms with Gasteiger partial charge >= 0.3 is 5.97 Å². The van der Waals surface area contributed by atoms with Crippen LogP contribution in [-0.2, 0) is 9.53 Å². The summed E-state index contributed by atoms with van der Waals surface area (Å²) in [5.74, 6) is 5.69. The van der Waals surface area contributed by atoms with Crippen molar-refractivity contribution in [3.05, 3.63) is 0 Å². The second kappa shape index (κ2) is 11.5. The first kappa shape index (κ1) is 16.0. The summed E-state index contributed by atoms with van der Waals surface area (Å²) in [6.07, 6.45) is 6.64. The largest absolute Gasteiger partial charge is 0.469 e. The first-order chi connectivity index (χ1) is 8.20. The monoisotopic (exact) mass is 240 g/mol. The van der Waals surface area contributed by atoms with E-state index in [1.807, 2.05) is 6.92 Å². The summed E-state index contributed by atoms with van der Waals surface area (Å²) in [6.45, 7) is 2.03. The number of hydrogen-bond acceptors (Lipinski definition) is 3. The number of ether oxygens (including phenoxy) is 1. The molecule has 0 spiro atoms. The summed E-state index contributed by atoms with van der Waals surface area (Å²) in [7, 11) is 1.42. The summed E-state index contributed by atoms with van der Waals surface area (Å²) < 4.78 is 4.56. The van der Waals surface area contributed by atoms with Crippen molar-refractivity contribution in [1.82, 2.24) is 0 Å². The van der Waals surface area contributed by atoms with Gasteiger partial charge in [0, 0.05) is 12.8 Å². The molecular weight excluding hydrogens is 216 g/mol. The Morgan fingerprint density at radius 1 is 1.29 bits per heavy atom. The van der Waals surface area contributed by atoms with E-state index >= 15 is 0 Å². The minimum absolute atomic E-state index is 0.132. The molecule has 0 saturated heterocycles. The lowest BCUT2D eigenvalue weighted by atomic mass is 10.1. The van der Waals surface area contributed by atoms with Gasteiger partial charge in [-0.2, -0.15) is 0 Å². The van der Waals surface area contributed by atoms with Crippen LogP contribution in [0.4, 0.5) is 0 Å². The van der Waals surface area contributed by atoms with E-state index in [2.05, 4.69) is 16.6 Å². The number of unbranched alkanes of at least 4 members (excludes halogenated alkanes) is 4. The SMILES string of the molecule is CCC[C@@H](O)C#CCCCCCCC(=O)OC. The lowest BCUT2D eigenvalue weighted by Gasteiger charge is -1.99. The molecule has 0 amide bonds. The third kappa shape index (κ3) is 11.3. The minimum atomic E-state index is -0.459. The molecule has 0 aromatic carbocycles. The van der Waals surface area contributed by atoms with Crippen molar-refractivity contribution < 1.29 is 14.6 Å². The topological polar surface area (TPSA) is 46.5 Å². The maximum atomic E-state index is 10.8. The maximum absolute atomic E-state index is 10.8. The summed E-state index contributed by atoms with van der Waals surface area (Å²) >= 11 is 0. The molecule has 0 aromatic heterocycles. The summed E-state index contributed by atoms with van der Waals surface area (Å²) in [5, 5.41) is 9.35. The summed E-state index contributed by atoms with van der Waals surface area (Å²) in [4.78, 5) is 10.8. The fourth-order valence-corrected chi connectivity index (χ4v) is 1.47. The van der Waals surface area contributed by atoms with Gasteiger partial charge in [0.2, 0.25) is 0 Å². The van der Waals surface area contributed by atoms with E-state index in [0.717, 1.165) is 44.9 Å². The molecule has 0 rings (SSSR count). The Kier molecular flexibility index (Phi) is 10.8. The fourth-order valence-electron chi connectivity index (χ4n) is 1.47. The second-order valence-electron chi connectivity index (χ2n) is 4.12. The van der Waals surface area contributed by atoms with E-state index in [9.17, 15) is 9.90 Å². The number of carbonyl (C=O) groups is 1. The summed E-state index contributed by atoms with van der Waals surface area (Å²) in [5.41, 5.74) is 0. The van der Waals surface area contributed by atoms with Crippen LogP contribution in [0.2, 0.25) is 0 Å². The quantitative estimate of drug-likeness (QED) is 0.403. The lowest BCUT2D eigenvalue weighted by molar-refractivity contribution is -0.140. The van der Waals surface area contributed by atoms with Crippen molar-refractivity contribution in [2.45, 2.75) is 64.4 Å². The highest BCUT2D eigenvalue weighted by Gasteiger charge is 1.98. The molecule has 1 atom stereocenters. The van der Waals surface area contributed by atoms with Crippen LogP contribution in [0.3, 0.4) is 0 Å². The van der Waals surface area contributed by atoms with Crippen molar-refractivity contribution in [3.63, 3.8) is 0 Å². The Morgan fingerprint density at radius 3 is 2.65 bits per heavy atom. The van der Waals surface area contributed by atoms with Gasteiger partial charge in [0.1, 0.15) is 6.10 Å². The Bertz CT molecular complexity index is 250. The maximum Gasteiger partial charge on any atom is 0.305 e. The van der Waals surface area contributed by atoms with E-state index in [4.69, 9.17) is 0 Å². The van der Waals surface area contributed by atoms with Crippen LogP contribution in [0.1, 0.15) is 58.3 Å². The number of aliphatic hydroxyl groups excluding tert-OH is 1. The zero-order valence-corrected chi connectivity index (χ0v) is 11.0. The highest BCUT2D eigenvalue weighted by molar-refractivity contribution is 5.68. The van der Waals surface area contributed by atoms with Crippen LogP contribution < -0.4 is 0 Å². The van der Waals surface area contributed by atoms with Crippen LogP contribution >= 0.6 is 0 Å². The second-order valence-corrected chi connectivity index (χ2v) is 4.12. The number of aliphatic hydroxyl groups is 1. The van der Waals surface area contributed by atoms with Gasteiger partial charge in [0.25, 0.3) is 0 Å². The van der Waals surface area contributed by atoms with Crippen LogP contribution in [-0.4, -0.2) is 24.3 Å². The number of esters is 1. The van der Waals surface area contributed by atoms with Crippen molar-refractivity contribution >= 4 is 5.97 Å². The smallest absolute Gasteiger partial charge is 0.305 e. The predicted molar refractivity (Wildman–Crippen MR) is 68.4 cm³/mol. The molecule has 3 heteroatoms. The van der Waals surface area contributed by atoms with E-state index in [-0.39, 0.29) is 5.97 Å². The average Bonchev–Trinajstić information content (AvgIpc) is 2.32. The van der Waals surface area contributed by atoms with Crippen molar-refractivity contribution in [2.24, 2.45) is 0 Å². The molecule has 0 aromatic rings. The van der Waals surface area contributed by atoms with Gasteiger partial charge in [0.15, 0.2) is 0 Å². The lowest BCUT2D eigenvalue weighted by Crippen LogP contribution is -2.00. The van der Waals surface area contributed by atoms with Gasteiger partial charge in [-0.15, -0.1) is 5.92 Å². The first-order valence-corrected chi connectivity index (χ1v) is 6.44. The van der Waals surface area contributed by atoms with Gasteiger partial charge in [-0.3, -0.25) is 4.79 Å². The Balaban J connectivity index is 3.31. The molecule has 0 saturated carbocycles. The van der Waals surface area contributed by atoms with Crippen LogP contribution in [0.5, 0.6) is 0 Å². The minimum Gasteiger partial charge on any atom is -0.469 e. The molecule has 98 valence electrons. The molecule has 0 bridgehead atoms. The van der Waals surface area contributed by atoms with Gasteiger partial charge in [-0.05, 0) is 19.3 Å². The Hall–Kier alpha value is -1.01. The molecule has 1 N–H and O–H groups in total. The van der Waals surface area contributed by atoms with E-state index < -0.39 is 6.10 Å². The molecule has 0 unspecified atom stereocenters.